The molecular formula is C14H21ClN4. The van der Waals surface area contributed by atoms with Crippen LogP contribution < -0.4 is 5.32 Å². The first-order valence-corrected chi connectivity index (χ1v) is 7.31. The molecule has 0 aromatic carbocycles. The van der Waals surface area contributed by atoms with E-state index in [1.54, 1.807) is 0 Å². The average molecular weight is 281 g/mol. The summed E-state index contributed by atoms with van der Waals surface area (Å²) in [5, 5.41) is 12.0. The molecule has 5 heteroatoms. The van der Waals surface area contributed by atoms with Gasteiger partial charge in [0, 0.05) is 11.7 Å². The number of H-pyrrole nitrogens is 1. The third kappa shape index (κ3) is 3.18. The zero-order valence-electron chi connectivity index (χ0n) is 11.8. The van der Waals surface area contributed by atoms with Crippen LogP contribution in [0.5, 0.6) is 0 Å². The number of halogens is 1. The van der Waals surface area contributed by atoms with E-state index >= 15 is 0 Å². The fraction of sp³-hybridized carbons (Fsp3) is 0.571. The maximum Gasteiger partial charge on any atom is 0.184 e. The third-order valence-corrected chi connectivity index (χ3v) is 3.52. The van der Waals surface area contributed by atoms with Gasteiger partial charge in [0.05, 0.1) is 11.1 Å². The number of hydrogen-bond donors (Lipinski definition) is 2. The molecule has 2 heterocycles. The second kappa shape index (κ2) is 6.24. The summed E-state index contributed by atoms with van der Waals surface area (Å²) < 4.78 is 0. The molecule has 0 saturated carbocycles. The summed E-state index contributed by atoms with van der Waals surface area (Å²) >= 11 is 6.17. The molecule has 2 N–H and O–H groups in total. The summed E-state index contributed by atoms with van der Waals surface area (Å²) in [6.07, 6.45) is 4.66. The Morgan fingerprint density at radius 1 is 1.32 bits per heavy atom. The molecule has 0 aliphatic rings. The van der Waals surface area contributed by atoms with E-state index in [4.69, 9.17) is 11.6 Å². The fourth-order valence-corrected chi connectivity index (χ4v) is 2.66. The Bertz CT molecular complexity index is 544. The van der Waals surface area contributed by atoms with Gasteiger partial charge in [-0.15, -0.1) is 0 Å². The second-order valence-electron chi connectivity index (χ2n) is 4.97. The van der Waals surface area contributed by atoms with Crippen LogP contribution in [0.2, 0.25) is 5.15 Å². The van der Waals surface area contributed by atoms with Crippen molar-refractivity contribution in [2.45, 2.75) is 52.5 Å². The number of aryl methyl sites for hydroxylation is 1. The highest BCUT2D eigenvalue weighted by Crippen LogP contribution is 2.29. The molecule has 4 nitrogen and oxygen atoms in total. The van der Waals surface area contributed by atoms with Crippen molar-refractivity contribution in [3.8, 4) is 0 Å². The monoisotopic (exact) mass is 280 g/mol. The number of aromatic amines is 1. The number of anilines is 1. The minimum absolute atomic E-state index is 0.478. The first-order valence-electron chi connectivity index (χ1n) is 6.93. The highest BCUT2D eigenvalue weighted by atomic mass is 35.5. The number of hydrogen-bond acceptors (Lipinski definition) is 3. The Kier molecular flexibility index (Phi) is 4.64. The molecule has 0 saturated heterocycles. The molecular weight excluding hydrogens is 260 g/mol. The van der Waals surface area contributed by atoms with Crippen LogP contribution in [0.1, 0.15) is 45.2 Å². The molecule has 104 valence electrons. The summed E-state index contributed by atoms with van der Waals surface area (Å²) in [5.41, 5.74) is 2.66. The molecule has 0 spiro atoms. The van der Waals surface area contributed by atoms with Crippen molar-refractivity contribution < 1.29 is 0 Å². The molecule has 0 aliphatic carbocycles. The molecule has 0 bridgehead atoms. The van der Waals surface area contributed by atoms with Crippen molar-refractivity contribution in [1.29, 1.82) is 0 Å². The van der Waals surface area contributed by atoms with Crippen molar-refractivity contribution in [2.24, 2.45) is 0 Å². The number of pyridine rings is 1. The molecule has 19 heavy (non-hydrogen) atoms. The van der Waals surface area contributed by atoms with Crippen molar-refractivity contribution in [2.75, 3.05) is 5.32 Å². The molecule has 2 rings (SSSR count). The van der Waals surface area contributed by atoms with Gasteiger partial charge in [0.1, 0.15) is 5.15 Å². The van der Waals surface area contributed by atoms with Gasteiger partial charge in [-0.05, 0) is 25.8 Å². The predicted octanol–water partition coefficient (Wildman–Crippen LogP) is 4.30. The van der Waals surface area contributed by atoms with E-state index in [-0.39, 0.29) is 0 Å². The lowest BCUT2D eigenvalue weighted by Crippen LogP contribution is -2.19. The molecule has 0 amide bonds. The standard InChI is InChI=1S/C14H21ClN4/c1-4-6-10(7-5-2)17-11-8-9(3)16-14-12(11)13(15)18-19-14/h8,10H,4-7H2,1-3H3,(H2,16,17,18,19). The zero-order valence-corrected chi connectivity index (χ0v) is 12.5. The molecule has 2 aromatic rings. The van der Waals surface area contributed by atoms with E-state index < -0.39 is 0 Å². The molecule has 0 radical (unpaired) electrons. The summed E-state index contributed by atoms with van der Waals surface area (Å²) in [6.45, 7) is 6.40. The summed E-state index contributed by atoms with van der Waals surface area (Å²) in [7, 11) is 0. The van der Waals surface area contributed by atoms with Gasteiger partial charge in [-0.25, -0.2) is 4.98 Å². The molecule has 0 atom stereocenters. The predicted molar refractivity (Wildman–Crippen MR) is 80.9 cm³/mol. The van der Waals surface area contributed by atoms with Crippen LogP contribution in [-0.2, 0) is 0 Å². The van der Waals surface area contributed by atoms with Crippen LogP contribution in [0.3, 0.4) is 0 Å². The zero-order chi connectivity index (χ0) is 13.8. The molecule has 0 unspecified atom stereocenters. The van der Waals surface area contributed by atoms with Crippen LogP contribution in [0.25, 0.3) is 11.0 Å². The van der Waals surface area contributed by atoms with E-state index in [1.165, 1.54) is 12.8 Å². The van der Waals surface area contributed by atoms with Crippen LogP contribution in [0.4, 0.5) is 5.69 Å². The molecule has 0 fully saturated rings. The number of nitrogens with one attached hydrogen (secondary N) is 2. The van der Waals surface area contributed by atoms with Crippen LogP contribution in [-0.4, -0.2) is 21.2 Å². The van der Waals surface area contributed by atoms with Crippen LogP contribution in [0.15, 0.2) is 6.07 Å². The first-order chi connectivity index (χ1) is 9.15. The average Bonchev–Trinajstić information content (AvgIpc) is 2.71. The van der Waals surface area contributed by atoms with E-state index in [0.29, 0.717) is 16.8 Å². The van der Waals surface area contributed by atoms with Gasteiger partial charge in [-0.2, -0.15) is 5.10 Å². The lowest BCUT2D eigenvalue weighted by atomic mass is 10.1. The van der Waals surface area contributed by atoms with Gasteiger partial charge >= 0.3 is 0 Å². The lowest BCUT2D eigenvalue weighted by molar-refractivity contribution is 0.587. The van der Waals surface area contributed by atoms with Crippen molar-refractivity contribution in [3.63, 3.8) is 0 Å². The Balaban J connectivity index is 2.34. The van der Waals surface area contributed by atoms with Gasteiger partial charge in [0.2, 0.25) is 0 Å². The van der Waals surface area contributed by atoms with E-state index in [0.717, 1.165) is 29.6 Å². The number of nitrogens with zero attached hydrogens (tertiary/aromatic N) is 2. The Hall–Kier alpha value is -1.29. The topological polar surface area (TPSA) is 53.6 Å². The molecule has 2 aromatic heterocycles. The summed E-state index contributed by atoms with van der Waals surface area (Å²) in [6, 6.07) is 2.52. The first kappa shape index (κ1) is 14.1. The van der Waals surface area contributed by atoms with Crippen molar-refractivity contribution >= 4 is 28.3 Å². The smallest absolute Gasteiger partial charge is 0.184 e. The van der Waals surface area contributed by atoms with Gasteiger partial charge in [0.15, 0.2) is 5.65 Å². The lowest BCUT2D eigenvalue weighted by Gasteiger charge is -2.19. The maximum absolute atomic E-state index is 6.17. The van der Waals surface area contributed by atoms with E-state index in [2.05, 4.69) is 34.3 Å². The number of fused-ring (bicyclic) bond motifs is 1. The number of rotatable bonds is 6. The van der Waals surface area contributed by atoms with Crippen molar-refractivity contribution in [1.82, 2.24) is 15.2 Å². The van der Waals surface area contributed by atoms with Gasteiger partial charge in [0.25, 0.3) is 0 Å². The highest BCUT2D eigenvalue weighted by molar-refractivity contribution is 6.35. The quantitative estimate of drug-likeness (QED) is 0.829. The minimum Gasteiger partial charge on any atom is -0.382 e. The van der Waals surface area contributed by atoms with E-state index in [9.17, 15) is 0 Å². The SMILES string of the molecule is CCCC(CCC)Nc1cc(C)nc2n[nH]c(Cl)c12. The maximum atomic E-state index is 6.17. The Morgan fingerprint density at radius 3 is 2.63 bits per heavy atom. The summed E-state index contributed by atoms with van der Waals surface area (Å²) in [4.78, 5) is 4.39. The third-order valence-electron chi connectivity index (χ3n) is 3.24. The van der Waals surface area contributed by atoms with Gasteiger partial charge in [-0.1, -0.05) is 38.3 Å². The normalized spacial score (nSPS) is 11.4. The fourth-order valence-electron chi connectivity index (χ4n) is 2.43. The van der Waals surface area contributed by atoms with Crippen LogP contribution in [0, 0.1) is 6.92 Å². The Labute approximate surface area is 119 Å². The molecule has 0 aliphatic heterocycles. The second-order valence-corrected chi connectivity index (χ2v) is 5.34. The Morgan fingerprint density at radius 2 is 2.00 bits per heavy atom. The summed E-state index contributed by atoms with van der Waals surface area (Å²) in [5.74, 6) is 0. The van der Waals surface area contributed by atoms with Gasteiger partial charge in [-0.3, -0.25) is 5.10 Å². The number of aromatic nitrogens is 3. The van der Waals surface area contributed by atoms with Crippen LogP contribution >= 0.6 is 11.6 Å². The van der Waals surface area contributed by atoms with Gasteiger partial charge < -0.3 is 5.32 Å². The van der Waals surface area contributed by atoms with E-state index in [1.807, 2.05) is 13.0 Å². The largest absolute Gasteiger partial charge is 0.382 e. The van der Waals surface area contributed by atoms with Crippen molar-refractivity contribution in [3.05, 3.63) is 16.9 Å². The highest BCUT2D eigenvalue weighted by Gasteiger charge is 2.14. The minimum atomic E-state index is 0.478.